The SMILES string of the molecule is CC(C)c1nc(-c2ccc(Br)cc2)[nH]c(=O)c1I. The monoisotopic (exact) mass is 418 g/mol. The highest BCUT2D eigenvalue weighted by Gasteiger charge is 2.12. The molecule has 2 rings (SSSR count). The summed E-state index contributed by atoms with van der Waals surface area (Å²) < 4.78 is 1.67. The van der Waals surface area contributed by atoms with Crippen LogP contribution in [0.3, 0.4) is 0 Å². The van der Waals surface area contributed by atoms with E-state index in [0.29, 0.717) is 9.39 Å². The molecule has 0 aliphatic rings. The van der Waals surface area contributed by atoms with Crippen LogP contribution in [-0.2, 0) is 0 Å². The Morgan fingerprint density at radius 3 is 2.44 bits per heavy atom. The van der Waals surface area contributed by atoms with Crippen molar-refractivity contribution in [1.29, 1.82) is 0 Å². The standard InChI is InChI=1S/C13H12BrIN2O/c1-7(2)11-10(15)13(18)17-12(16-11)8-3-5-9(14)6-4-8/h3-7H,1-2H3,(H,16,17,18). The number of hydrogen-bond acceptors (Lipinski definition) is 2. The van der Waals surface area contributed by atoms with Gasteiger partial charge in [-0.05, 0) is 40.6 Å². The first-order valence-corrected chi connectivity index (χ1v) is 7.42. The van der Waals surface area contributed by atoms with Crippen molar-refractivity contribution in [2.75, 3.05) is 0 Å². The third kappa shape index (κ3) is 2.83. The average molecular weight is 419 g/mol. The molecule has 18 heavy (non-hydrogen) atoms. The number of hydrogen-bond donors (Lipinski definition) is 1. The first kappa shape index (κ1) is 13.7. The fraction of sp³-hybridized carbons (Fsp3) is 0.231. The quantitative estimate of drug-likeness (QED) is 0.751. The van der Waals surface area contributed by atoms with Crippen molar-refractivity contribution < 1.29 is 0 Å². The Labute approximate surface area is 127 Å². The molecule has 0 aliphatic heterocycles. The first-order chi connectivity index (χ1) is 8.49. The van der Waals surface area contributed by atoms with Gasteiger partial charge in [-0.3, -0.25) is 4.79 Å². The lowest BCUT2D eigenvalue weighted by Gasteiger charge is -2.09. The number of H-pyrrole nitrogens is 1. The van der Waals surface area contributed by atoms with Gasteiger partial charge in [0.2, 0.25) is 0 Å². The first-order valence-electron chi connectivity index (χ1n) is 5.54. The molecule has 1 aromatic carbocycles. The smallest absolute Gasteiger partial charge is 0.264 e. The fourth-order valence-corrected chi connectivity index (χ4v) is 2.75. The van der Waals surface area contributed by atoms with Crippen molar-refractivity contribution in [1.82, 2.24) is 9.97 Å². The highest BCUT2D eigenvalue weighted by Crippen LogP contribution is 2.21. The topological polar surface area (TPSA) is 45.8 Å². The molecule has 2 aromatic rings. The number of nitrogens with one attached hydrogen (secondary N) is 1. The van der Waals surface area contributed by atoms with Crippen LogP contribution < -0.4 is 5.56 Å². The van der Waals surface area contributed by atoms with Crippen LogP contribution in [0.5, 0.6) is 0 Å². The lowest BCUT2D eigenvalue weighted by Crippen LogP contribution is -2.17. The Balaban J connectivity index is 2.59. The number of halogens is 2. The molecule has 5 heteroatoms. The summed E-state index contributed by atoms with van der Waals surface area (Å²) in [5, 5.41) is 0. The molecule has 0 amide bonds. The molecular weight excluding hydrogens is 407 g/mol. The average Bonchev–Trinajstić information content (AvgIpc) is 2.33. The van der Waals surface area contributed by atoms with Crippen LogP contribution in [0.4, 0.5) is 0 Å². The number of benzene rings is 1. The van der Waals surface area contributed by atoms with E-state index in [9.17, 15) is 4.79 Å². The van der Waals surface area contributed by atoms with E-state index in [1.807, 2.05) is 60.7 Å². The van der Waals surface area contributed by atoms with E-state index in [1.54, 1.807) is 0 Å². The van der Waals surface area contributed by atoms with Gasteiger partial charge in [0, 0.05) is 10.0 Å². The highest BCUT2D eigenvalue weighted by atomic mass is 127. The van der Waals surface area contributed by atoms with Crippen LogP contribution in [0.2, 0.25) is 0 Å². The molecule has 0 radical (unpaired) electrons. The summed E-state index contributed by atoms with van der Waals surface area (Å²) in [6.07, 6.45) is 0. The second-order valence-corrected chi connectivity index (χ2v) is 6.27. The lowest BCUT2D eigenvalue weighted by atomic mass is 10.1. The molecule has 0 saturated carbocycles. The van der Waals surface area contributed by atoms with E-state index in [2.05, 4.69) is 25.9 Å². The van der Waals surface area contributed by atoms with Gasteiger partial charge in [-0.15, -0.1) is 0 Å². The molecule has 0 fully saturated rings. The molecule has 0 spiro atoms. The Hall–Kier alpha value is -0.690. The number of rotatable bonds is 2. The second kappa shape index (κ2) is 5.52. The third-order valence-electron chi connectivity index (χ3n) is 2.55. The van der Waals surface area contributed by atoms with Crippen molar-refractivity contribution in [3.05, 3.63) is 48.4 Å². The Kier molecular flexibility index (Phi) is 4.21. The Morgan fingerprint density at radius 1 is 1.28 bits per heavy atom. The van der Waals surface area contributed by atoms with Crippen molar-refractivity contribution in [3.8, 4) is 11.4 Å². The van der Waals surface area contributed by atoms with Crippen LogP contribution in [0.15, 0.2) is 33.5 Å². The Bertz CT molecular complexity index is 620. The van der Waals surface area contributed by atoms with Crippen LogP contribution in [-0.4, -0.2) is 9.97 Å². The maximum Gasteiger partial charge on any atom is 0.264 e. The fourth-order valence-electron chi connectivity index (χ4n) is 1.60. The van der Waals surface area contributed by atoms with Gasteiger partial charge in [-0.1, -0.05) is 41.9 Å². The minimum Gasteiger partial charge on any atom is -0.306 e. The second-order valence-electron chi connectivity index (χ2n) is 4.28. The minimum atomic E-state index is -0.0766. The molecule has 1 aromatic heterocycles. The largest absolute Gasteiger partial charge is 0.306 e. The van der Waals surface area contributed by atoms with Gasteiger partial charge >= 0.3 is 0 Å². The summed E-state index contributed by atoms with van der Waals surface area (Å²) in [6.45, 7) is 4.07. The van der Waals surface area contributed by atoms with Crippen LogP contribution >= 0.6 is 38.5 Å². The molecule has 0 bridgehead atoms. The van der Waals surface area contributed by atoms with E-state index in [4.69, 9.17) is 0 Å². The third-order valence-corrected chi connectivity index (χ3v) is 4.12. The van der Waals surface area contributed by atoms with Gasteiger partial charge in [0.1, 0.15) is 5.82 Å². The van der Waals surface area contributed by atoms with Gasteiger partial charge < -0.3 is 4.98 Å². The number of aromatic amines is 1. The van der Waals surface area contributed by atoms with Gasteiger partial charge in [-0.2, -0.15) is 0 Å². The molecule has 94 valence electrons. The molecule has 0 unspecified atom stereocenters. The summed E-state index contributed by atoms with van der Waals surface area (Å²) >= 11 is 5.44. The van der Waals surface area contributed by atoms with Crippen LogP contribution in [0.1, 0.15) is 25.5 Å². The highest BCUT2D eigenvalue weighted by molar-refractivity contribution is 14.1. The summed E-state index contributed by atoms with van der Waals surface area (Å²) in [6, 6.07) is 7.73. The van der Waals surface area contributed by atoms with Crippen molar-refractivity contribution >= 4 is 38.5 Å². The van der Waals surface area contributed by atoms with Gasteiger partial charge in [0.05, 0.1) is 9.26 Å². The normalized spacial score (nSPS) is 10.9. The van der Waals surface area contributed by atoms with Crippen molar-refractivity contribution in [2.45, 2.75) is 19.8 Å². The van der Waals surface area contributed by atoms with E-state index >= 15 is 0 Å². The van der Waals surface area contributed by atoms with Crippen LogP contribution in [0, 0.1) is 3.57 Å². The summed E-state index contributed by atoms with van der Waals surface area (Å²) in [4.78, 5) is 19.3. The number of aromatic nitrogens is 2. The van der Waals surface area contributed by atoms with Crippen molar-refractivity contribution in [2.24, 2.45) is 0 Å². The number of nitrogens with zero attached hydrogens (tertiary/aromatic N) is 1. The van der Waals surface area contributed by atoms with Crippen LogP contribution in [0.25, 0.3) is 11.4 Å². The predicted octanol–water partition coefficient (Wildman–Crippen LogP) is 3.93. The molecule has 1 heterocycles. The van der Waals surface area contributed by atoms with E-state index in [1.165, 1.54) is 0 Å². The molecule has 3 nitrogen and oxygen atoms in total. The summed E-state index contributed by atoms with van der Waals surface area (Å²) in [7, 11) is 0. The van der Waals surface area contributed by atoms with E-state index < -0.39 is 0 Å². The van der Waals surface area contributed by atoms with E-state index in [0.717, 1.165) is 15.7 Å². The van der Waals surface area contributed by atoms with Gasteiger partial charge in [0.15, 0.2) is 0 Å². The summed E-state index contributed by atoms with van der Waals surface area (Å²) in [5.74, 6) is 0.852. The zero-order valence-electron chi connectivity index (χ0n) is 10.00. The summed E-state index contributed by atoms with van der Waals surface area (Å²) in [5.41, 5.74) is 1.68. The maximum absolute atomic E-state index is 11.9. The molecule has 0 saturated heterocycles. The molecule has 1 N–H and O–H groups in total. The minimum absolute atomic E-state index is 0.0766. The molecular formula is C13H12BrIN2O. The molecule has 0 aliphatic carbocycles. The van der Waals surface area contributed by atoms with Gasteiger partial charge in [-0.25, -0.2) is 4.98 Å². The van der Waals surface area contributed by atoms with E-state index in [-0.39, 0.29) is 11.5 Å². The zero-order valence-corrected chi connectivity index (χ0v) is 13.7. The zero-order chi connectivity index (χ0) is 13.3. The van der Waals surface area contributed by atoms with Gasteiger partial charge in [0.25, 0.3) is 5.56 Å². The predicted molar refractivity (Wildman–Crippen MR) is 84.8 cm³/mol. The maximum atomic E-state index is 11.9. The molecule has 0 atom stereocenters. The lowest BCUT2D eigenvalue weighted by molar-refractivity contribution is 0.802. The Morgan fingerprint density at radius 2 is 1.89 bits per heavy atom. The van der Waals surface area contributed by atoms with Crippen molar-refractivity contribution in [3.63, 3.8) is 0 Å².